The van der Waals surface area contributed by atoms with E-state index < -0.39 is 0 Å². The van der Waals surface area contributed by atoms with Crippen molar-refractivity contribution in [3.63, 3.8) is 0 Å². The maximum Gasteiger partial charge on any atom is 0.181 e. The van der Waals surface area contributed by atoms with E-state index in [2.05, 4.69) is 93.7 Å². The molecule has 0 aliphatic heterocycles. The average Bonchev–Trinajstić information content (AvgIpc) is 3.05. The van der Waals surface area contributed by atoms with Crippen LogP contribution in [0.1, 0.15) is 5.56 Å². The first-order valence-corrected chi connectivity index (χ1v) is 12.7. The van der Waals surface area contributed by atoms with Gasteiger partial charge in [-0.25, -0.2) is 4.85 Å². The fourth-order valence-electron chi connectivity index (χ4n) is 4.83. The number of hydrogen-bond acceptors (Lipinski definition) is 3. The minimum absolute atomic E-state index is 0. The van der Waals surface area contributed by atoms with Crippen LogP contribution in [-0.2, 0) is 20.1 Å². The summed E-state index contributed by atoms with van der Waals surface area (Å²) in [5.74, 6) is 0. The minimum atomic E-state index is 0. The summed E-state index contributed by atoms with van der Waals surface area (Å²) < 4.78 is 0. The second-order valence-corrected chi connectivity index (χ2v) is 9.09. The maximum atomic E-state index is 8.78. The molecule has 1 radical (unpaired) electrons. The van der Waals surface area contributed by atoms with Crippen LogP contribution in [0, 0.1) is 30.0 Å². The molecule has 0 aliphatic rings. The van der Waals surface area contributed by atoms with Crippen molar-refractivity contribution in [2.75, 3.05) is 0 Å². The van der Waals surface area contributed by atoms with Crippen LogP contribution >= 0.6 is 0 Å². The van der Waals surface area contributed by atoms with E-state index in [0.717, 1.165) is 16.8 Å². The minimum Gasteiger partial charge on any atom is -0.307 e. The zero-order valence-corrected chi connectivity index (χ0v) is 24.1. The van der Waals surface area contributed by atoms with Crippen LogP contribution in [0.2, 0.25) is 0 Å². The quantitative estimate of drug-likeness (QED) is 0.134. The Hall–Kier alpha value is -5.19. The number of pyridine rings is 2. The Morgan fingerprint density at radius 3 is 1.93 bits per heavy atom. The van der Waals surface area contributed by atoms with E-state index in [-0.39, 0.29) is 20.1 Å². The van der Waals surface area contributed by atoms with Crippen LogP contribution in [0.15, 0.2) is 122 Å². The van der Waals surface area contributed by atoms with E-state index in [4.69, 9.17) is 11.8 Å². The van der Waals surface area contributed by atoms with Gasteiger partial charge in [-0.1, -0.05) is 82.9 Å². The molecule has 0 spiro atoms. The second-order valence-electron chi connectivity index (χ2n) is 9.09. The molecule has 0 bridgehead atoms. The van der Waals surface area contributed by atoms with E-state index in [1.165, 1.54) is 32.3 Å². The van der Waals surface area contributed by atoms with Crippen molar-refractivity contribution in [1.29, 1.82) is 5.26 Å². The fourth-order valence-corrected chi connectivity index (χ4v) is 4.83. The molecule has 4 nitrogen and oxygen atoms in total. The molecule has 0 amide bonds. The molecule has 0 aliphatic carbocycles. The Balaban J connectivity index is 0.000000175. The molecule has 0 unspecified atom stereocenters. The van der Waals surface area contributed by atoms with Gasteiger partial charge in [-0.2, -0.15) is 5.26 Å². The van der Waals surface area contributed by atoms with Gasteiger partial charge in [-0.15, -0.1) is 53.6 Å². The van der Waals surface area contributed by atoms with Crippen LogP contribution in [0.3, 0.4) is 0 Å². The predicted molar refractivity (Wildman–Crippen MR) is 161 cm³/mol. The third-order valence-electron chi connectivity index (χ3n) is 6.70. The number of fused-ring (bicyclic) bond motifs is 6. The average molecular weight is 701 g/mol. The Morgan fingerprint density at radius 1 is 0.634 bits per heavy atom. The molecule has 0 atom stereocenters. The molecule has 0 saturated heterocycles. The van der Waals surface area contributed by atoms with E-state index >= 15 is 0 Å². The van der Waals surface area contributed by atoms with Crippen LogP contribution in [0.25, 0.3) is 59.7 Å². The summed E-state index contributed by atoms with van der Waals surface area (Å²) in [6, 6.07) is 44.4. The zero-order valence-electron chi connectivity index (χ0n) is 21.7. The molecule has 5 aromatic carbocycles. The van der Waals surface area contributed by atoms with Gasteiger partial charge in [0.15, 0.2) is 5.69 Å². The molecule has 0 N–H and O–H groups in total. The maximum absolute atomic E-state index is 8.78. The number of nitriles is 1. The third-order valence-corrected chi connectivity index (χ3v) is 6.70. The summed E-state index contributed by atoms with van der Waals surface area (Å²) >= 11 is 0. The Morgan fingerprint density at radius 2 is 1.27 bits per heavy atom. The molecule has 0 saturated carbocycles. The van der Waals surface area contributed by atoms with Crippen LogP contribution in [0.4, 0.5) is 5.69 Å². The van der Waals surface area contributed by atoms with Crippen LogP contribution in [-0.4, -0.2) is 9.97 Å². The molecular weight excluding hydrogens is 681 g/mol. The molecule has 5 heteroatoms. The van der Waals surface area contributed by atoms with Gasteiger partial charge in [-0.05, 0) is 45.2 Å². The van der Waals surface area contributed by atoms with Crippen molar-refractivity contribution >= 4 is 38.0 Å². The number of aromatic nitrogens is 2. The predicted octanol–water partition coefficient (Wildman–Crippen LogP) is 8.98. The van der Waals surface area contributed by atoms with Crippen molar-refractivity contribution in [3.05, 3.63) is 151 Å². The van der Waals surface area contributed by atoms with Crippen molar-refractivity contribution in [2.45, 2.75) is 0 Å². The van der Waals surface area contributed by atoms with E-state index in [1.54, 1.807) is 36.5 Å². The van der Waals surface area contributed by atoms with Crippen molar-refractivity contribution in [3.8, 4) is 28.6 Å². The molecule has 195 valence electrons. The van der Waals surface area contributed by atoms with Crippen molar-refractivity contribution in [2.24, 2.45) is 0 Å². The number of rotatable bonds is 2. The van der Waals surface area contributed by atoms with Gasteiger partial charge in [0, 0.05) is 32.5 Å². The molecule has 7 rings (SSSR count). The number of hydrogen-bond donors (Lipinski definition) is 0. The topological polar surface area (TPSA) is 53.9 Å². The van der Waals surface area contributed by atoms with Crippen LogP contribution in [0.5, 0.6) is 0 Å². The SMILES string of the molecule is [C-]#[N+]c1ccnc(-c2[c-]ccc(C#N)c2)c1.[Ir].[c-]1cc2c3ccccc3c3ccccc3c2cc1-c1ccccn1. The number of benzene rings is 5. The largest absolute Gasteiger partial charge is 0.307 e. The molecule has 2 heterocycles. The van der Waals surface area contributed by atoms with Gasteiger partial charge in [0.25, 0.3) is 0 Å². The first-order chi connectivity index (χ1) is 19.7. The van der Waals surface area contributed by atoms with Gasteiger partial charge in [-0.3, -0.25) is 0 Å². The summed E-state index contributed by atoms with van der Waals surface area (Å²) in [6.07, 6.45) is 3.40. The fraction of sp³-hybridized carbons (Fsp3) is 0. The summed E-state index contributed by atoms with van der Waals surface area (Å²) in [6.45, 7) is 6.92. The normalized spacial score (nSPS) is 10.2. The van der Waals surface area contributed by atoms with Gasteiger partial charge in [0.05, 0.1) is 12.6 Å². The number of nitrogens with zero attached hydrogens (tertiary/aromatic N) is 4. The van der Waals surface area contributed by atoms with Crippen molar-refractivity contribution < 1.29 is 20.1 Å². The Bertz CT molecular complexity index is 2000. The standard InChI is InChI=1S/C23H14N.C13H6N3.Ir/c1-2-9-19-17(7-1)18-8-3-4-10-20(18)22-15-16(12-13-21(19)22)23-11-5-6-14-24-23;1-15-12-5-6-16-13(8-12)11-4-2-3-10(7-11)9-14;/h1-11,13-15H;2-3,5-8H;/q2*-1;. The summed E-state index contributed by atoms with van der Waals surface area (Å²) in [5.41, 5.74) is 4.46. The Labute approximate surface area is 251 Å². The van der Waals surface area contributed by atoms with Gasteiger partial charge < -0.3 is 9.97 Å². The monoisotopic (exact) mass is 701 g/mol. The first kappa shape index (κ1) is 27.4. The summed E-state index contributed by atoms with van der Waals surface area (Å²) in [4.78, 5) is 11.9. The first-order valence-electron chi connectivity index (χ1n) is 12.7. The summed E-state index contributed by atoms with van der Waals surface area (Å²) in [7, 11) is 0. The second kappa shape index (κ2) is 12.3. The smallest absolute Gasteiger partial charge is 0.181 e. The van der Waals surface area contributed by atoms with Gasteiger partial charge >= 0.3 is 0 Å². The Kier molecular flexibility index (Phi) is 8.23. The van der Waals surface area contributed by atoms with E-state index in [1.807, 2.05) is 24.4 Å². The van der Waals surface area contributed by atoms with Gasteiger partial charge in [0.2, 0.25) is 0 Å². The molecule has 41 heavy (non-hydrogen) atoms. The molecule has 7 aromatic rings. The van der Waals surface area contributed by atoms with E-state index in [0.29, 0.717) is 16.9 Å². The van der Waals surface area contributed by atoms with Crippen molar-refractivity contribution in [1.82, 2.24) is 9.97 Å². The summed E-state index contributed by atoms with van der Waals surface area (Å²) in [5, 5.41) is 16.4. The molecule has 0 fully saturated rings. The van der Waals surface area contributed by atoms with Gasteiger partial charge in [0.1, 0.15) is 0 Å². The van der Waals surface area contributed by atoms with Crippen LogP contribution < -0.4 is 0 Å². The zero-order chi connectivity index (χ0) is 27.3. The third kappa shape index (κ3) is 5.60. The molecular formula is C36H20IrN4-2. The molecule has 2 aromatic heterocycles. The van der Waals surface area contributed by atoms with E-state index in [9.17, 15) is 0 Å².